The molecule has 3 rings (SSSR count). The average Bonchev–Trinajstić information content (AvgIpc) is 2.79. The second kappa shape index (κ2) is 6.93. The minimum atomic E-state index is 0.0835. The van der Waals surface area contributed by atoms with Crippen molar-refractivity contribution >= 4 is 11.5 Å². The summed E-state index contributed by atoms with van der Waals surface area (Å²) in [6.07, 6.45) is 19.2. The molecule has 2 nitrogen and oxygen atoms in total. The van der Waals surface area contributed by atoms with E-state index >= 15 is 0 Å². The molecule has 1 unspecified atom stereocenters. The van der Waals surface area contributed by atoms with Crippen LogP contribution in [0.2, 0.25) is 0 Å². The molecule has 0 aromatic heterocycles. The van der Waals surface area contributed by atoms with Gasteiger partial charge in [0.15, 0.2) is 0 Å². The fraction of sp³-hybridized carbons (Fsp3) is 0.700. The Morgan fingerprint density at radius 3 is 2.82 bits per heavy atom. The number of nitrogens with zero attached hydrogens (tertiary/aromatic N) is 1. The van der Waals surface area contributed by atoms with Crippen molar-refractivity contribution < 1.29 is 4.79 Å². The van der Waals surface area contributed by atoms with Crippen LogP contribution >= 0.6 is 0 Å². The molecule has 0 N–H and O–H groups in total. The van der Waals surface area contributed by atoms with Gasteiger partial charge in [-0.1, -0.05) is 31.4 Å². The van der Waals surface area contributed by atoms with Crippen LogP contribution in [0.25, 0.3) is 0 Å². The fourth-order valence-electron chi connectivity index (χ4n) is 4.53. The lowest BCUT2D eigenvalue weighted by Crippen LogP contribution is -2.31. The van der Waals surface area contributed by atoms with Crippen molar-refractivity contribution in [2.24, 2.45) is 16.3 Å². The normalized spacial score (nSPS) is 30.6. The monoisotopic (exact) mass is 299 g/mol. The molecule has 0 bridgehead atoms. The molecule has 3 aliphatic rings. The highest BCUT2D eigenvalue weighted by Crippen LogP contribution is 2.49. The number of allylic oxidation sites excluding steroid dienone is 4. The van der Waals surface area contributed by atoms with Gasteiger partial charge >= 0.3 is 0 Å². The summed E-state index contributed by atoms with van der Waals surface area (Å²) < 4.78 is 0. The second-order valence-corrected chi connectivity index (χ2v) is 7.41. The maximum Gasteiger partial charge on any atom is 0.142 e. The van der Waals surface area contributed by atoms with Crippen LogP contribution in [0.1, 0.15) is 77.6 Å². The van der Waals surface area contributed by atoms with Crippen molar-refractivity contribution in [3.05, 3.63) is 23.9 Å². The molecule has 2 saturated carbocycles. The summed E-state index contributed by atoms with van der Waals surface area (Å²) in [6, 6.07) is 0. The van der Waals surface area contributed by atoms with Crippen molar-refractivity contribution in [2.75, 3.05) is 0 Å². The summed E-state index contributed by atoms with van der Waals surface area (Å²) >= 11 is 0. The zero-order valence-corrected chi connectivity index (χ0v) is 13.9. The SMILES string of the molecule is CC1=N/C(CCC2CCC3(CCCCC3)C2=O)=C\CCC=C1. The van der Waals surface area contributed by atoms with E-state index in [1.807, 2.05) is 0 Å². The van der Waals surface area contributed by atoms with Gasteiger partial charge in [0.25, 0.3) is 0 Å². The summed E-state index contributed by atoms with van der Waals surface area (Å²) in [5.41, 5.74) is 2.37. The Morgan fingerprint density at radius 2 is 2.00 bits per heavy atom. The van der Waals surface area contributed by atoms with Crippen LogP contribution in [0.3, 0.4) is 0 Å². The van der Waals surface area contributed by atoms with E-state index in [2.05, 4.69) is 25.2 Å². The molecule has 1 aliphatic heterocycles. The van der Waals surface area contributed by atoms with E-state index in [0.717, 1.165) is 57.1 Å². The molecule has 2 heteroatoms. The Balaban J connectivity index is 1.59. The first-order chi connectivity index (χ1) is 10.7. The molecule has 0 saturated heterocycles. The second-order valence-electron chi connectivity index (χ2n) is 7.41. The van der Waals surface area contributed by atoms with E-state index in [9.17, 15) is 4.79 Å². The van der Waals surface area contributed by atoms with Gasteiger partial charge in [-0.05, 0) is 64.4 Å². The van der Waals surface area contributed by atoms with Crippen molar-refractivity contribution in [2.45, 2.75) is 77.6 Å². The van der Waals surface area contributed by atoms with Gasteiger partial charge in [0, 0.05) is 22.7 Å². The summed E-state index contributed by atoms with van der Waals surface area (Å²) in [5, 5.41) is 0. The number of rotatable bonds is 3. The summed E-state index contributed by atoms with van der Waals surface area (Å²) in [5.74, 6) is 0.898. The van der Waals surface area contributed by atoms with Gasteiger partial charge in [0.2, 0.25) is 0 Å². The quantitative estimate of drug-likeness (QED) is 0.687. The first-order valence-electron chi connectivity index (χ1n) is 9.15. The topological polar surface area (TPSA) is 29.4 Å². The third-order valence-electron chi connectivity index (χ3n) is 5.82. The van der Waals surface area contributed by atoms with Crippen LogP contribution in [-0.4, -0.2) is 11.5 Å². The van der Waals surface area contributed by atoms with E-state index < -0.39 is 0 Å². The van der Waals surface area contributed by atoms with Gasteiger partial charge in [0.05, 0.1) is 0 Å². The predicted octanol–water partition coefficient (Wildman–Crippen LogP) is 5.39. The lowest BCUT2D eigenvalue weighted by molar-refractivity contribution is -0.130. The van der Waals surface area contributed by atoms with Crippen LogP contribution in [-0.2, 0) is 4.79 Å². The Bertz CT molecular complexity index is 506. The molecule has 0 amide bonds. The average molecular weight is 299 g/mol. The molecular formula is C20H29NO. The number of hydrogen-bond acceptors (Lipinski definition) is 2. The predicted molar refractivity (Wildman–Crippen MR) is 92.0 cm³/mol. The summed E-state index contributed by atoms with van der Waals surface area (Å²) in [7, 11) is 0. The maximum atomic E-state index is 12.9. The standard InChI is InChI=1S/C20H29NO/c1-16-8-4-2-5-9-18(21-16)11-10-17-12-15-20(19(17)22)13-6-3-7-14-20/h4,8-9,17H,2-3,5-7,10-15H2,1H3/b8-4?,18-9-,21-16?. The minimum absolute atomic E-state index is 0.0835. The molecule has 0 aromatic carbocycles. The zero-order valence-electron chi connectivity index (χ0n) is 13.9. The number of aliphatic imine (C=N–C) groups is 1. The molecule has 2 fully saturated rings. The van der Waals surface area contributed by atoms with E-state index in [0.29, 0.717) is 11.7 Å². The summed E-state index contributed by atoms with van der Waals surface area (Å²) in [6.45, 7) is 2.06. The highest BCUT2D eigenvalue weighted by atomic mass is 16.1. The van der Waals surface area contributed by atoms with Crippen molar-refractivity contribution in [1.29, 1.82) is 0 Å². The van der Waals surface area contributed by atoms with Crippen LogP contribution in [0.4, 0.5) is 0 Å². The van der Waals surface area contributed by atoms with Crippen LogP contribution in [0, 0.1) is 11.3 Å². The van der Waals surface area contributed by atoms with Crippen molar-refractivity contribution in [3.8, 4) is 0 Å². The summed E-state index contributed by atoms with van der Waals surface area (Å²) in [4.78, 5) is 17.6. The maximum absolute atomic E-state index is 12.9. The van der Waals surface area contributed by atoms with Gasteiger partial charge in [-0.25, -0.2) is 0 Å². The number of carbonyl (C=O) groups is 1. The lowest BCUT2D eigenvalue weighted by Gasteiger charge is -2.32. The third-order valence-corrected chi connectivity index (χ3v) is 5.82. The lowest BCUT2D eigenvalue weighted by atomic mass is 9.71. The smallest absolute Gasteiger partial charge is 0.142 e. The van der Waals surface area contributed by atoms with Gasteiger partial charge < -0.3 is 0 Å². The van der Waals surface area contributed by atoms with Crippen molar-refractivity contribution in [1.82, 2.24) is 0 Å². The van der Waals surface area contributed by atoms with E-state index in [-0.39, 0.29) is 5.41 Å². The van der Waals surface area contributed by atoms with Crippen molar-refractivity contribution in [3.63, 3.8) is 0 Å². The fourth-order valence-corrected chi connectivity index (χ4v) is 4.53. The van der Waals surface area contributed by atoms with Gasteiger partial charge in [-0.15, -0.1) is 0 Å². The highest BCUT2D eigenvalue weighted by molar-refractivity contribution is 5.93. The Labute approximate surface area is 134 Å². The number of hydrogen-bond donors (Lipinski definition) is 0. The Morgan fingerprint density at radius 1 is 1.18 bits per heavy atom. The highest BCUT2D eigenvalue weighted by Gasteiger charge is 2.47. The number of Topliss-reactive ketones (excluding diaryl/α,β-unsaturated/α-hetero) is 1. The first kappa shape index (κ1) is 15.7. The molecule has 1 spiro atoms. The molecule has 1 heterocycles. The molecule has 0 aromatic rings. The number of carbonyl (C=O) groups excluding carboxylic acids is 1. The van der Waals surface area contributed by atoms with Gasteiger partial charge in [-0.3, -0.25) is 9.79 Å². The van der Waals surface area contributed by atoms with Crippen LogP contribution in [0.15, 0.2) is 28.9 Å². The first-order valence-corrected chi connectivity index (χ1v) is 9.15. The van der Waals surface area contributed by atoms with E-state index in [1.54, 1.807) is 0 Å². The van der Waals surface area contributed by atoms with Gasteiger partial charge in [-0.2, -0.15) is 0 Å². The molecule has 1 atom stereocenters. The van der Waals surface area contributed by atoms with Crippen LogP contribution < -0.4 is 0 Å². The third kappa shape index (κ3) is 3.42. The zero-order chi connectivity index (χ0) is 15.4. The molecule has 2 aliphatic carbocycles. The molecule has 0 radical (unpaired) electrons. The number of ketones is 1. The molecule has 22 heavy (non-hydrogen) atoms. The molecule has 120 valence electrons. The Hall–Kier alpha value is -1.18. The largest absolute Gasteiger partial charge is 0.299 e. The van der Waals surface area contributed by atoms with E-state index in [1.165, 1.54) is 25.0 Å². The van der Waals surface area contributed by atoms with Crippen LogP contribution in [0.5, 0.6) is 0 Å². The molecular weight excluding hydrogens is 270 g/mol. The van der Waals surface area contributed by atoms with Gasteiger partial charge in [0.1, 0.15) is 5.78 Å². The Kier molecular flexibility index (Phi) is 4.95. The minimum Gasteiger partial charge on any atom is -0.299 e. The van der Waals surface area contributed by atoms with E-state index in [4.69, 9.17) is 4.99 Å².